The summed E-state index contributed by atoms with van der Waals surface area (Å²) in [6, 6.07) is 34.2. The molecular weight excluding hydrogens is 481 g/mol. The van der Waals surface area contributed by atoms with Gasteiger partial charge in [-0.1, -0.05) is 105 Å². The summed E-state index contributed by atoms with van der Waals surface area (Å²) in [4.78, 5) is 0. The van der Waals surface area contributed by atoms with Crippen LogP contribution in [0.25, 0.3) is 0 Å². The Bertz CT molecular complexity index is 1270. The third kappa shape index (κ3) is 6.66. The molecule has 0 aliphatic rings. The normalized spacial score (nSPS) is 14.2. The monoisotopic (exact) mass is 515 g/mol. The standard InChI is InChI=1S/C34H34F3O/c1-24(26-11-6-4-7-12-26)17-22-32(28-18-20-31(38-3)21-19-28)33(25(2)27-13-8-5-9-14-27)29-15-10-16-30(23-29)34(35,36)37/h4-16,18-21,23-25,33H,17,22H2,1-3H3. The Morgan fingerprint density at radius 1 is 0.711 bits per heavy atom. The highest BCUT2D eigenvalue weighted by molar-refractivity contribution is 5.45. The molecule has 4 heteroatoms. The zero-order valence-electron chi connectivity index (χ0n) is 22.1. The lowest BCUT2D eigenvalue weighted by atomic mass is 9.69. The number of alkyl halides is 3. The number of ether oxygens (including phenoxy) is 1. The van der Waals surface area contributed by atoms with Gasteiger partial charge < -0.3 is 4.74 Å². The zero-order chi connectivity index (χ0) is 27.1. The van der Waals surface area contributed by atoms with Crippen LogP contribution in [-0.2, 0) is 6.18 Å². The van der Waals surface area contributed by atoms with Gasteiger partial charge in [-0.2, -0.15) is 13.2 Å². The third-order valence-electron chi connectivity index (χ3n) is 7.45. The molecule has 1 nitrogen and oxygen atoms in total. The maximum Gasteiger partial charge on any atom is 0.416 e. The predicted octanol–water partition coefficient (Wildman–Crippen LogP) is 9.81. The van der Waals surface area contributed by atoms with E-state index in [2.05, 4.69) is 38.1 Å². The minimum absolute atomic E-state index is 0.0381. The van der Waals surface area contributed by atoms with Crippen molar-refractivity contribution in [2.24, 2.45) is 0 Å². The topological polar surface area (TPSA) is 9.23 Å². The van der Waals surface area contributed by atoms with Gasteiger partial charge in [-0.05, 0) is 65.1 Å². The second-order valence-corrected chi connectivity index (χ2v) is 9.90. The van der Waals surface area contributed by atoms with Gasteiger partial charge in [0.25, 0.3) is 0 Å². The second-order valence-electron chi connectivity index (χ2n) is 9.90. The Labute approximate surface area is 224 Å². The van der Waals surface area contributed by atoms with Crippen molar-refractivity contribution in [1.82, 2.24) is 0 Å². The minimum atomic E-state index is -4.40. The predicted molar refractivity (Wildman–Crippen MR) is 148 cm³/mol. The molecule has 1 radical (unpaired) electrons. The fourth-order valence-corrected chi connectivity index (χ4v) is 5.25. The van der Waals surface area contributed by atoms with Crippen LogP contribution in [-0.4, -0.2) is 7.11 Å². The molecule has 0 saturated heterocycles. The van der Waals surface area contributed by atoms with E-state index in [1.54, 1.807) is 7.11 Å². The molecule has 0 aliphatic heterocycles. The maximum absolute atomic E-state index is 13.8. The number of halogens is 3. The third-order valence-corrected chi connectivity index (χ3v) is 7.45. The average Bonchev–Trinajstić information content (AvgIpc) is 2.95. The van der Waals surface area contributed by atoms with Crippen molar-refractivity contribution < 1.29 is 17.9 Å². The zero-order valence-corrected chi connectivity index (χ0v) is 22.1. The van der Waals surface area contributed by atoms with Gasteiger partial charge in [-0.3, -0.25) is 0 Å². The fraction of sp³-hybridized carbons (Fsp3) is 0.265. The highest BCUT2D eigenvalue weighted by Crippen LogP contribution is 2.47. The Balaban J connectivity index is 1.79. The summed E-state index contributed by atoms with van der Waals surface area (Å²) in [6.07, 6.45) is -2.78. The molecule has 0 aliphatic carbocycles. The van der Waals surface area contributed by atoms with Crippen LogP contribution >= 0.6 is 0 Å². The molecule has 0 bridgehead atoms. The van der Waals surface area contributed by atoms with Crippen LogP contribution in [0, 0.1) is 5.92 Å². The Morgan fingerprint density at radius 2 is 1.29 bits per heavy atom. The van der Waals surface area contributed by atoms with Crippen molar-refractivity contribution >= 4 is 0 Å². The van der Waals surface area contributed by atoms with Gasteiger partial charge in [-0.15, -0.1) is 0 Å². The van der Waals surface area contributed by atoms with E-state index < -0.39 is 11.7 Å². The molecule has 0 fully saturated rings. The van der Waals surface area contributed by atoms with Crippen LogP contribution in [0.5, 0.6) is 5.75 Å². The second kappa shape index (κ2) is 12.3. The summed E-state index contributed by atoms with van der Waals surface area (Å²) in [5.41, 5.74) is 3.43. The summed E-state index contributed by atoms with van der Waals surface area (Å²) in [7, 11) is 1.63. The van der Waals surface area contributed by atoms with Crippen LogP contribution < -0.4 is 4.74 Å². The average molecular weight is 516 g/mol. The van der Waals surface area contributed by atoms with Crippen LogP contribution in [0.3, 0.4) is 0 Å². The van der Waals surface area contributed by atoms with Gasteiger partial charge in [0.15, 0.2) is 0 Å². The molecule has 4 rings (SSSR count). The first-order valence-corrected chi connectivity index (χ1v) is 13.0. The van der Waals surface area contributed by atoms with Crippen molar-refractivity contribution in [2.45, 2.75) is 50.6 Å². The first-order chi connectivity index (χ1) is 18.3. The lowest BCUT2D eigenvalue weighted by Gasteiger charge is -2.34. The maximum atomic E-state index is 13.8. The van der Waals surface area contributed by atoms with Gasteiger partial charge in [0.1, 0.15) is 5.75 Å². The molecule has 0 spiro atoms. The van der Waals surface area contributed by atoms with Gasteiger partial charge in [-0.25, -0.2) is 0 Å². The van der Waals surface area contributed by atoms with Crippen molar-refractivity contribution in [3.05, 3.63) is 143 Å². The summed E-state index contributed by atoms with van der Waals surface area (Å²) >= 11 is 0. The molecule has 4 aromatic rings. The molecule has 3 unspecified atom stereocenters. The molecule has 0 amide bonds. The molecule has 0 heterocycles. The largest absolute Gasteiger partial charge is 0.497 e. The number of methoxy groups -OCH3 is 1. The molecule has 4 aromatic carbocycles. The number of rotatable bonds is 10. The molecule has 0 saturated carbocycles. The molecule has 3 atom stereocenters. The van der Waals surface area contributed by atoms with Gasteiger partial charge in [0.05, 0.1) is 12.7 Å². The quantitative estimate of drug-likeness (QED) is 0.204. The molecular formula is C34H34F3O. The first-order valence-electron chi connectivity index (χ1n) is 13.0. The van der Waals surface area contributed by atoms with E-state index in [1.165, 1.54) is 17.7 Å². The van der Waals surface area contributed by atoms with E-state index in [0.717, 1.165) is 41.7 Å². The van der Waals surface area contributed by atoms with Gasteiger partial charge in [0.2, 0.25) is 0 Å². The van der Waals surface area contributed by atoms with E-state index in [-0.39, 0.29) is 11.8 Å². The summed E-state index contributed by atoms with van der Waals surface area (Å²) in [6.45, 7) is 4.32. The molecule has 197 valence electrons. The van der Waals surface area contributed by atoms with Crippen molar-refractivity contribution in [2.75, 3.05) is 7.11 Å². The first kappa shape index (κ1) is 27.5. The van der Waals surface area contributed by atoms with E-state index in [4.69, 9.17) is 4.74 Å². The summed E-state index contributed by atoms with van der Waals surface area (Å²) < 4.78 is 46.7. The van der Waals surface area contributed by atoms with E-state index in [1.807, 2.05) is 66.7 Å². The smallest absolute Gasteiger partial charge is 0.416 e. The van der Waals surface area contributed by atoms with Gasteiger partial charge >= 0.3 is 6.18 Å². The minimum Gasteiger partial charge on any atom is -0.497 e. The Kier molecular flexibility index (Phi) is 8.93. The van der Waals surface area contributed by atoms with Crippen LogP contribution in [0.1, 0.15) is 72.3 Å². The number of benzene rings is 4. The van der Waals surface area contributed by atoms with Crippen LogP contribution in [0.2, 0.25) is 0 Å². The van der Waals surface area contributed by atoms with Crippen molar-refractivity contribution in [1.29, 1.82) is 0 Å². The van der Waals surface area contributed by atoms with E-state index in [9.17, 15) is 13.2 Å². The highest BCUT2D eigenvalue weighted by atomic mass is 19.4. The van der Waals surface area contributed by atoms with Gasteiger partial charge in [0, 0.05) is 11.8 Å². The van der Waals surface area contributed by atoms with Crippen LogP contribution in [0.4, 0.5) is 13.2 Å². The SMILES string of the molecule is COc1ccc([C](CCC(C)c2ccccc2)C(c2cccc(C(F)(F)F)c2)C(C)c2ccccc2)cc1. The lowest BCUT2D eigenvalue weighted by Crippen LogP contribution is -2.20. The highest BCUT2D eigenvalue weighted by Gasteiger charge is 2.35. The number of hydrogen-bond acceptors (Lipinski definition) is 1. The van der Waals surface area contributed by atoms with Crippen molar-refractivity contribution in [3.8, 4) is 5.75 Å². The molecule has 0 N–H and O–H groups in total. The Hall–Kier alpha value is -3.53. The summed E-state index contributed by atoms with van der Waals surface area (Å²) in [5.74, 6) is 1.90. The van der Waals surface area contributed by atoms with Crippen molar-refractivity contribution in [3.63, 3.8) is 0 Å². The summed E-state index contributed by atoms with van der Waals surface area (Å²) in [5, 5.41) is 0. The lowest BCUT2D eigenvalue weighted by molar-refractivity contribution is -0.137. The molecule has 38 heavy (non-hydrogen) atoms. The Morgan fingerprint density at radius 3 is 1.87 bits per heavy atom. The van der Waals surface area contributed by atoms with E-state index in [0.29, 0.717) is 11.5 Å². The fourth-order valence-electron chi connectivity index (χ4n) is 5.25. The van der Waals surface area contributed by atoms with E-state index >= 15 is 0 Å². The molecule has 0 aromatic heterocycles. The number of hydrogen-bond donors (Lipinski definition) is 0. The van der Waals surface area contributed by atoms with Crippen LogP contribution in [0.15, 0.2) is 109 Å².